The van der Waals surface area contributed by atoms with E-state index in [0.29, 0.717) is 15.1 Å². The molecular formula is C16H20Cl3N2+. The molecule has 0 amide bonds. The molecule has 114 valence electrons. The minimum atomic E-state index is 0.552. The highest BCUT2D eigenvalue weighted by molar-refractivity contribution is 6.40. The SMILES string of the molecule is CCCCc1cc(C)n(CC)[n+]1-c1c(Cl)cc(Cl)cc1Cl. The van der Waals surface area contributed by atoms with Gasteiger partial charge in [0, 0.05) is 17.5 Å². The second-order valence-corrected chi connectivity index (χ2v) is 6.38. The topological polar surface area (TPSA) is 8.81 Å². The fourth-order valence-electron chi connectivity index (χ4n) is 2.62. The van der Waals surface area contributed by atoms with Gasteiger partial charge >= 0.3 is 0 Å². The number of hydrogen-bond donors (Lipinski definition) is 0. The lowest BCUT2D eigenvalue weighted by Crippen LogP contribution is -2.44. The van der Waals surface area contributed by atoms with Gasteiger partial charge in [0.1, 0.15) is 10.0 Å². The fourth-order valence-corrected chi connectivity index (χ4v) is 3.59. The van der Waals surface area contributed by atoms with Gasteiger partial charge in [0.2, 0.25) is 5.69 Å². The van der Waals surface area contributed by atoms with Gasteiger partial charge in [-0.1, -0.05) is 52.8 Å². The molecule has 0 fully saturated rings. The van der Waals surface area contributed by atoms with Crippen LogP contribution in [-0.4, -0.2) is 4.68 Å². The van der Waals surface area contributed by atoms with Crippen molar-refractivity contribution in [3.8, 4) is 5.69 Å². The highest BCUT2D eigenvalue weighted by Crippen LogP contribution is 2.30. The number of nitrogens with zero attached hydrogens (tertiary/aromatic N) is 2. The van der Waals surface area contributed by atoms with E-state index in [2.05, 4.69) is 36.2 Å². The lowest BCUT2D eigenvalue weighted by atomic mass is 10.2. The molecule has 0 saturated carbocycles. The van der Waals surface area contributed by atoms with Crippen LogP contribution in [0.1, 0.15) is 38.1 Å². The number of aromatic nitrogens is 2. The summed E-state index contributed by atoms with van der Waals surface area (Å²) in [6.07, 6.45) is 3.29. The van der Waals surface area contributed by atoms with E-state index in [9.17, 15) is 0 Å². The summed E-state index contributed by atoms with van der Waals surface area (Å²) < 4.78 is 4.32. The van der Waals surface area contributed by atoms with Gasteiger partial charge in [0.15, 0.2) is 0 Å². The van der Waals surface area contributed by atoms with Gasteiger partial charge in [-0.25, -0.2) is 0 Å². The molecule has 0 atom stereocenters. The van der Waals surface area contributed by atoms with E-state index >= 15 is 0 Å². The fraction of sp³-hybridized carbons (Fsp3) is 0.438. The highest BCUT2D eigenvalue weighted by atomic mass is 35.5. The maximum absolute atomic E-state index is 6.41. The third kappa shape index (κ3) is 3.39. The Kier molecular flexibility index (Phi) is 5.59. The second kappa shape index (κ2) is 7.04. The molecule has 2 nitrogen and oxygen atoms in total. The van der Waals surface area contributed by atoms with Crippen LogP contribution in [0, 0.1) is 6.92 Å². The number of unbranched alkanes of at least 4 members (excludes halogenated alkanes) is 1. The van der Waals surface area contributed by atoms with Gasteiger partial charge in [-0.05, 0) is 32.4 Å². The Labute approximate surface area is 141 Å². The Morgan fingerprint density at radius 3 is 2.19 bits per heavy atom. The minimum Gasteiger partial charge on any atom is -0.152 e. The molecule has 1 aromatic carbocycles. The van der Waals surface area contributed by atoms with Gasteiger partial charge in [-0.3, -0.25) is 0 Å². The van der Waals surface area contributed by atoms with Crippen LogP contribution >= 0.6 is 34.8 Å². The number of aryl methyl sites for hydroxylation is 2. The summed E-state index contributed by atoms with van der Waals surface area (Å²) in [7, 11) is 0. The van der Waals surface area contributed by atoms with Crippen LogP contribution in [0.2, 0.25) is 15.1 Å². The van der Waals surface area contributed by atoms with E-state index < -0.39 is 0 Å². The molecule has 0 radical (unpaired) electrons. The predicted octanol–water partition coefficient (Wildman–Crippen LogP) is 5.40. The van der Waals surface area contributed by atoms with Crippen LogP contribution in [-0.2, 0) is 13.0 Å². The molecule has 0 N–H and O–H groups in total. The number of benzene rings is 1. The molecular weight excluding hydrogens is 327 g/mol. The quantitative estimate of drug-likeness (QED) is 0.641. The molecule has 0 saturated heterocycles. The van der Waals surface area contributed by atoms with Gasteiger partial charge in [0.05, 0.1) is 12.2 Å². The third-order valence-corrected chi connectivity index (χ3v) is 4.37. The lowest BCUT2D eigenvalue weighted by molar-refractivity contribution is -0.692. The first-order valence-corrected chi connectivity index (χ1v) is 8.39. The summed E-state index contributed by atoms with van der Waals surface area (Å²) in [5, 5.41) is 1.70. The molecule has 0 bridgehead atoms. The zero-order chi connectivity index (χ0) is 15.6. The van der Waals surface area contributed by atoms with E-state index in [0.717, 1.165) is 31.5 Å². The van der Waals surface area contributed by atoms with E-state index in [1.54, 1.807) is 12.1 Å². The highest BCUT2D eigenvalue weighted by Gasteiger charge is 2.27. The molecule has 5 heteroatoms. The predicted molar refractivity (Wildman–Crippen MR) is 90.0 cm³/mol. The number of hydrogen-bond acceptors (Lipinski definition) is 0. The van der Waals surface area contributed by atoms with Crippen LogP contribution in [0.5, 0.6) is 0 Å². The molecule has 1 aromatic heterocycles. The largest absolute Gasteiger partial charge is 0.273 e. The monoisotopic (exact) mass is 345 g/mol. The molecule has 0 aliphatic heterocycles. The van der Waals surface area contributed by atoms with E-state index in [-0.39, 0.29) is 0 Å². The Balaban J connectivity index is 2.66. The maximum atomic E-state index is 6.41. The van der Waals surface area contributed by atoms with Crippen molar-refractivity contribution in [1.82, 2.24) is 4.68 Å². The Morgan fingerprint density at radius 2 is 1.67 bits per heavy atom. The van der Waals surface area contributed by atoms with Gasteiger partial charge in [-0.2, -0.15) is 4.68 Å². The molecule has 0 spiro atoms. The first-order chi connectivity index (χ1) is 9.99. The second-order valence-electron chi connectivity index (χ2n) is 5.13. The van der Waals surface area contributed by atoms with Crippen molar-refractivity contribution in [1.29, 1.82) is 0 Å². The maximum Gasteiger partial charge on any atom is 0.273 e. The van der Waals surface area contributed by atoms with Crippen LogP contribution in [0.3, 0.4) is 0 Å². The zero-order valence-electron chi connectivity index (χ0n) is 12.6. The van der Waals surface area contributed by atoms with Crippen molar-refractivity contribution in [2.24, 2.45) is 0 Å². The Hall–Kier alpha value is -0.700. The van der Waals surface area contributed by atoms with Crippen molar-refractivity contribution in [3.05, 3.63) is 44.7 Å². The lowest BCUT2D eigenvalue weighted by Gasteiger charge is -2.07. The molecule has 21 heavy (non-hydrogen) atoms. The Bertz CT molecular complexity index is 624. The van der Waals surface area contributed by atoms with E-state index in [1.807, 2.05) is 0 Å². The number of rotatable bonds is 5. The summed E-state index contributed by atoms with van der Waals surface area (Å²) in [6.45, 7) is 7.27. The van der Waals surface area contributed by atoms with Crippen molar-refractivity contribution in [2.75, 3.05) is 0 Å². The van der Waals surface area contributed by atoms with Gasteiger partial charge < -0.3 is 0 Å². The summed E-state index contributed by atoms with van der Waals surface area (Å²) in [5.74, 6) is 0. The van der Waals surface area contributed by atoms with E-state index in [4.69, 9.17) is 34.8 Å². The molecule has 1 heterocycles. The minimum absolute atomic E-state index is 0.552. The van der Waals surface area contributed by atoms with Crippen molar-refractivity contribution in [3.63, 3.8) is 0 Å². The molecule has 2 aromatic rings. The average Bonchev–Trinajstić information content (AvgIpc) is 2.71. The first kappa shape index (κ1) is 16.7. The summed E-state index contributed by atoms with van der Waals surface area (Å²) in [5.41, 5.74) is 3.23. The van der Waals surface area contributed by atoms with Crippen molar-refractivity contribution in [2.45, 2.75) is 46.6 Å². The van der Waals surface area contributed by atoms with Crippen LogP contribution in [0.15, 0.2) is 18.2 Å². The molecule has 2 rings (SSSR count). The Morgan fingerprint density at radius 1 is 1.05 bits per heavy atom. The molecule has 0 unspecified atom stereocenters. The number of halogens is 3. The average molecular weight is 347 g/mol. The normalized spacial score (nSPS) is 11.1. The smallest absolute Gasteiger partial charge is 0.152 e. The van der Waals surface area contributed by atoms with E-state index in [1.165, 1.54) is 11.4 Å². The van der Waals surface area contributed by atoms with Gasteiger partial charge in [0.25, 0.3) is 5.69 Å². The van der Waals surface area contributed by atoms with Crippen molar-refractivity contribution >= 4 is 34.8 Å². The van der Waals surface area contributed by atoms with Crippen LogP contribution < -0.4 is 4.68 Å². The first-order valence-electron chi connectivity index (χ1n) is 7.25. The summed E-state index contributed by atoms with van der Waals surface area (Å²) in [4.78, 5) is 0. The third-order valence-electron chi connectivity index (χ3n) is 3.58. The molecule has 0 aliphatic carbocycles. The summed E-state index contributed by atoms with van der Waals surface area (Å²) >= 11 is 18.8. The zero-order valence-corrected chi connectivity index (χ0v) is 14.9. The standard InChI is InChI=1S/C16H20Cl3N2/c1-4-6-7-13-8-11(3)20(5-2)21(13)16-14(18)9-12(17)10-15(16)19/h8-10H,4-7H2,1-3H3/q+1. The summed E-state index contributed by atoms with van der Waals surface area (Å²) in [6, 6.07) is 5.69. The van der Waals surface area contributed by atoms with Crippen LogP contribution in [0.4, 0.5) is 0 Å². The van der Waals surface area contributed by atoms with Gasteiger partial charge in [-0.15, -0.1) is 0 Å². The van der Waals surface area contributed by atoms with Crippen molar-refractivity contribution < 1.29 is 4.68 Å². The van der Waals surface area contributed by atoms with Crippen LogP contribution in [0.25, 0.3) is 5.69 Å². The molecule has 0 aliphatic rings.